The smallest absolute Gasteiger partial charge is 0.407 e. The predicted molar refractivity (Wildman–Crippen MR) is 240 cm³/mol. The maximum absolute atomic E-state index is 14.3. The Labute approximate surface area is 382 Å². The van der Waals surface area contributed by atoms with Gasteiger partial charge in [-0.2, -0.15) is 0 Å². The lowest BCUT2D eigenvalue weighted by atomic mass is 9.87. The van der Waals surface area contributed by atoms with E-state index in [-0.39, 0.29) is 47.8 Å². The number of carbonyl (C=O) groups is 4. The van der Waals surface area contributed by atoms with Gasteiger partial charge in [0.25, 0.3) is 0 Å². The summed E-state index contributed by atoms with van der Waals surface area (Å²) in [6, 6.07) is 6.30. The van der Waals surface area contributed by atoms with E-state index in [0.29, 0.717) is 41.7 Å². The van der Waals surface area contributed by atoms with Crippen molar-refractivity contribution < 1.29 is 38.1 Å². The molecule has 4 aromatic rings. The summed E-state index contributed by atoms with van der Waals surface area (Å²) < 4.78 is 22.8. The first-order valence-electron chi connectivity index (χ1n) is 23.1. The van der Waals surface area contributed by atoms with Crippen LogP contribution in [0.1, 0.15) is 114 Å². The third-order valence-electron chi connectivity index (χ3n) is 14.9. The van der Waals surface area contributed by atoms with E-state index in [0.717, 1.165) is 108 Å². The van der Waals surface area contributed by atoms with Gasteiger partial charge in [0.15, 0.2) is 5.15 Å². The Bertz CT molecular complexity index is 2500. The molecule has 2 aromatic heterocycles. The second kappa shape index (κ2) is 16.9. The Kier molecular flexibility index (Phi) is 11.2. The Balaban J connectivity index is 0.918. The van der Waals surface area contributed by atoms with Crippen LogP contribution in [-0.4, -0.2) is 92.1 Å². The fourth-order valence-corrected chi connectivity index (χ4v) is 12.0. The van der Waals surface area contributed by atoms with E-state index in [2.05, 4.69) is 32.7 Å². The number of fused-ring (bicyclic) bond motifs is 2. The maximum atomic E-state index is 14.3. The normalized spacial score (nSPS) is 24.5. The highest BCUT2D eigenvalue weighted by Gasteiger charge is 2.51. The standard InChI is InChI=1S/C48H57ClN8O8/c1-22(2)39(53-47(60)62-5)45(58)56-31-11-7-9-24(31)15-33(56)43-50-19-30(51-43)26-13-28-20-65-36-18-27(14-29-21-64-35(17-26)37(28)38(29)36)41-42(49)55-44(52-41)34-16-25-10-8-12-32(25)57(34)46(59)40(23(3)4)54-48(61)63-6/h13-14,17-19,22-25,31-34,39-40H,7-12,15-16,20-21H2,1-6H3,(H,50,51)(H,52,55)(H,53,60)(H,54,61)/t24-,25-,31-,32-,33-,34-,39-,40-/m0/s1. The number of alkyl carbamates (subject to hydrolysis) is 2. The predicted octanol–water partition coefficient (Wildman–Crippen LogP) is 8.22. The minimum Gasteiger partial charge on any atom is -0.488 e. The summed E-state index contributed by atoms with van der Waals surface area (Å²) in [5.41, 5.74) is 7.04. The number of nitrogens with zero attached hydrogens (tertiary/aromatic N) is 4. The van der Waals surface area contributed by atoms with Crippen molar-refractivity contribution in [2.45, 2.75) is 129 Å². The summed E-state index contributed by atoms with van der Waals surface area (Å²) >= 11 is 6.96. The Morgan fingerprint density at radius 1 is 0.723 bits per heavy atom. The molecule has 6 heterocycles. The first-order valence-corrected chi connectivity index (χ1v) is 23.4. The van der Waals surface area contributed by atoms with Gasteiger partial charge < -0.3 is 49.3 Å². The van der Waals surface area contributed by atoms with Crippen molar-refractivity contribution >= 4 is 35.6 Å². The van der Waals surface area contributed by atoms with Crippen molar-refractivity contribution in [2.75, 3.05) is 14.2 Å². The molecule has 16 nitrogen and oxygen atoms in total. The van der Waals surface area contributed by atoms with Crippen molar-refractivity contribution in [1.82, 2.24) is 40.4 Å². The molecule has 0 spiro atoms. The number of ether oxygens (including phenoxy) is 4. The monoisotopic (exact) mass is 908 g/mol. The maximum Gasteiger partial charge on any atom is 0.407 e. The molecule has 4 fully saturated rings. The highest BCUT2D eigenvalue weighted by atomic mass is 35.5. The Hall–Kier alpha value is -5.77. The first kappa shape index (κ1) is 43.1. The lowest BCUT2D eigenvalue weighted by Gasteiger charge is -2.34. The van der Waals surface area contributed by atoms with E-state index >= 15 is 0 Å². The molecule has 0 radical (unpaired) electrons. The molecule has 17 heteroatoms. The molecule has 0 unspecified atom stereocenters. The Morgan fingerprint density at radius 2 is 1.23 bits per heavy atom. The summed E-state index contributed by atoms with van der Waals surface area (Å²) in [5, 5.41) is 5.85. The number of hydrogen-bond donors (Lipinski definition) is 4. The second-order valence-corrected chi connectivity index (χ2v) is 19.6. The molecule has 65 heavy (non-hydrogen) atoms. The molecule has 4 amide bonds. The lowest BCUT2D eigenvalue weighted by Crippen LogP contribution is -2.53. The molecule has 344 valence electrons. The number of rotatable bonds is 10. The van der Waals surface area contributed by atoms with Gasteiger partial charge >= 0.3 is 12.2 Å². The number of carbonyl (C=O) groups excluding carboxylic acids is 4. The number of methoxy groups -OCH3 is 2. The van der Waals surface area contributed by atoms with Gasteiger partial charge in [-0.15, -0.1) is 0 Å². The van der Waals surface area contributed by atoms with Gasteiger partial charge in [0.2, 0.25) is 11.8 Å². The zero-order valence-electron chi connectivity index (χ0n) is 37.7. The van der Waals surface area contributed by atoms with Crippen molar-refractivity contribution in [3.05, 3.63) is 58.4 Å². The molecule has 2 aliphatic carbocycles. The van der Waals surface area contributed by atoms with Crippen LogP contribution in [-0.2, 0) is 32.3 Å². The average molecular weight is 909 g/mol. The zero-order chi connectivity index (χ0) is 45.4. The summed E-state index contributed by atoms with van der Waals surface area (Å²) in [4.78, 5) is 73.8. The van der Waals surface area contributed by atoms with Crippen LogP contribution in [0.4, 0.5) is 9.59 Å². The van der Waals surface area contributed by atoms with Gasteiger partial charge in [-0.3, -0.25) is 9.59 Å². The number of imidazole rings is 2. The van der Waals surface area contributed by atoms with Crippen LogP contribution in [0.3, 0.4) is 0 Å². The number of hydrogen-bond acceptors (Lipinski definition) is 10. The summed E-state index contributed by atoms with van der Waals surface area (Å²) in [6.45, 7) is 8.31. The SMILES string of the molecule is COC(=O)N[C@H](C(=O)N1[C@H](c2ncc(-c3cc4c5c(c3)OCc3cc(-c6[nH]c([C@@H]7C[C@@H]8CCC[C@@H]8N7C(=O)[C@@H](NC(=O)OC)C(C)C)nc6Cl)cc(c3-5)OC4)[nH]2)C[C@@H]2CCC[C@@H]21)C(C)C. The third kappa shape index (κ3) is 7.45. The van der Waals surface area contributed by atoms with Gasteiger partial charge in [-0.25, -0.2) is 19.6 Å². The number of nitrogens with one attached hydrogen (secondary N) is 4. The van der Waals surface area contributed by atoms with E-state index in [9.17, 15) is 19.2 Å². The number of benzene rings is 2. The third-order valence-corrected chi connectivity index (χ3v) is 15.1. The van der Waals surface area contributed by atoms with Crippen LogP contribution >= 0.6 is 11.6 Å². The topological polar surface area (TPSA) is 193 Å². The Morgan fingerprint density at radius 3 is 1.75 bits per heavy atom. The van der Waals surface area contributed by atoms with Crippen LogP contribution in [0.25, 0.3) is 33.6 Å². The van der Waals surface area contributed by atoms with E-state index in [1.165, 1.54) is 14.2 Å². The number of amides is 4. The van der Waals surface area contributed by atoms with Crippen LogP contribution < -0.4 is 20.1 Å². The molecule has 2 aromatic carbocycles. The molecular weight excluding hydrogens is 852 g/mol. The molecule has 2 saturated carbocycles. The molecule has 4 N–H and O–H groups in total. The number of likely N-dealkylation sites (tertiary alicyclic amines) is 2. The van der Waals surface area contributed by atoms with E-state index in [1.807, 2.05) is 55.8 Å². The quantitative estimate of drug-likeness (QED) is 0.121. The minimum atomic E-state index is -0.748. The van der Waals surface area contributed by atoms with Crippen LogP contribution in [0.15, 0.2) is 30.5 Å². The van der Waals surface area contributed by atoms with Crippen LogP contribution in [0.5, 0.6) is 11.5 Å². The van der Waals surface area contributed by atoms with Gasteiger partial charge in [0, 0.05) is 45.5 Å². The fraction of sp³-hybridized carbons (Fsp3) is 0.542. The number of aromatic nitrogens is 4. The highest BCUT2D eigenvalue weighted by Crippen LogP contribution is 2.53. The number of H-pyrrole nitrogens is 2. The van der Waals surface area contributed by atoms with Crippen LogP contribution in [0, 0.1) is 23.7 Å². The van der Waals surface area contributed by atoms with Gasteiger partial charge in [0.05, 0.1) is 43.9 Å². The largest absolute Gasteiger partial charge is 0.488 e. The highest BCUT2D eigenvalue weighted by molar-refractivity contribution is 6.32. The summed E-state index contributed by atoms with van der Waals surface area (Å²) in [5.74, 6) is 2.97. The molecule has 0 bridgehead atoms. The summed E-state index contributed by atoms with van der Waals surface area (Å²) in [7, 11) is 2.60. The molecule has 2 saturated heterocycles. The lowest BCUT2D eigenvalue weighted by molar-refractivity contribution is -0.138. The van der Waals surface area contributed by atoms with Crippen molar-refractivity contribution in [2.24, 2.45) is 23.7 Å². The van der Waals surface area contributed by atoms with Gasteiger partial charge in [-0.05, 0) is 86.5 Å². The molecule has 10 rings (SSSR count). The van der Waals surface area contributed by atoms with Crippen molar-refractivity contribution in [1.29, 1.82) is 0 Å². The fourth-order valence-electron chi connectivity index (χ4n) is 11.8. The molecule has 4 aliphatic heterocycles. The van der Waals surface area contributed by atoms with E-state index in [4.69, 9.17) is 40.5 Å². The summed E-state index contributed by atoms with van der Waals surface area (Å²) in [6.07, 6.45) is 8.15. The second-order valence-electron chi connectivity index (χ2n) is 19.3. The van der Waals surface area contributed by atoms with E-state index in [1.54, 1.807) is 0 Å². The van der Waals surface area contributed by atoms with Crippen molar-refractivity contribution in [3.63, 3.8) is 0 Å². The molecule has 8 atom stereocenters. The van der Waals surface area contributed by atoms with E-state index < -0.39 is 24.3 Å². The molecule has 6 aliphatic rings. The van der Waals surface area contributed by atoms with Crippen molar-refractivity contribution in [3.8, 4) is 45.1 Å². The van der Waals surface area contributed by atoms with Gasteiger partial charge in [0.1, 0.15) is 48.4 Å². The molecular formula is C48H57ClN8O8. The minimum absolute atomic E-state index is 0.0539. The van der Waals surface area contributed by atoms with Gasteiger partial charge in [-0.1, -0.05) is 52.1 Å². The van der Waals surface area contributed by atoms with Crippen LogP contribution in [0.2, 0.25) is 5.15 Å². The number of aromatic amines is 2. The average Bonchev–Trinajstić information content (AvgIpc) is 4.16. The first-order chi connectivity index (χ1) is 31.3. The zero-order valence-corrected chi connectivity index (χ0v) is 38.4. The number of halogens is 1.